The number of nitrogens with zero attached hydrogens (tertiary/aromatic N) is 1. The Hall–Kier alpha value is -1.56. The number of carbonyl (C=O) groups is 1. The lowest BCUT2D eigenvalue weighted by molar-refractivity contribution is -0.130. The lowest BCUT2D eigenvalue weighted by atomic mass is 10.1. The summed E-state index contributed by atoms with van der Waals surface area (Å²) in [5.74, 6) is 0.988. The van der Waals surface area contributed by atoms with Crippen LogP contribution in [0.4, 0.5) is 0 Å². The lowest BCUT2D eigenvalue weighted by Gasteiger charge is -2.23. The molecule has 21 heavy (non-hydrogen) atoms. The van der Waals surface area contributed by atoms with Crippen molar-refractivity contribution in [3.8, 4) is 5.75 Å². The van der Waals surface area contributed by atoms with Crippen LogP contribution in [0.5, 0.6) is 5.75 Å². The molecule has 1 fully saturated rings. The number of sulfone groups is 1. The van der Waals surface area contributed by atoms with E-state index in [1.807, 2.05) is 31.2 Å². The molecule has 1 aromatic carbocycles. The van der Waals surface area contributed by atoms with Crippen molar-refractivity contribution in [3.63, 3.8) is 0 Å². The number of carbonyl (C=O) groups excluding carboxylic acids is 1. The third kappa shape index (κ3) is 4.20. The fraction of sp³-hybridized carbons (Fsp3) is 0.533. The molecule has 1 unspecified atom stereocenters. The highest BCUT2D eigenvalue weighted by Gasteiger charge is 2.32. The van der Waals surface area contributed by atoms with Gasteiger partial charge >= 0.3 is 0 Å². The number of likely N-dealkylation sites (N-methyl/N-ethyl adjacent to an activating group) is 1. The minimum atomic E-state index is -2.97. The summed E-state index contributed by atoms with van der Waals surface area (Å²) in [6, 6.07) is 7.22. The summed E-state index contributed by atoms with van der Waals surface area (Å²) in [5.41, 5.74) is 0.899. The van der Waals surface area contributed by atoms with Gasteiger partial charge in [0, 0.05) is 13.1 Å². The van der Waals surface area contributed by atoms with Gasteiger partial charge in [0.2, 0.25) is 5.91 Å². The van der Waals surface area contributed by atoms with Crippen molar-refractivity contribution >= 4 is 15.7 Å². The molecule has 1 aromatic rings. The van der Waals surface area contributed by atoms with E-state index >= 15 is 0 Å². The van der Waals surface area contributed by atoms with Crippen LogP contribution in [0.15, 0.2) is 24.3 Å². The smallest absolute Gasteiger partial charge is 0.227 e. The highest BCUT2D eigenvalue weighted by molar-refractivity contribution is 7.91. The van der Waals surface area contributed by atoms with Gasteiger partial charge in [-0.2, -0.15) is 0 Å². The van der Waals surface area contributed by atoms with Crippen LogP contribution in [-0.2, 0) is 21.1 Å². The van der Waals surface area contributed by atoms with E-state index < -0.39 is 9.84 Å². The molecule has 6 heteroatoms. The first-order valence-corrected chi connectivity index (χ1v) is 8.91. The molecule has 0 N–H and O–H groups in total. The Morgan fingerprint density at radius 1 is 1.33 bits per heavy atom. The molecule has 5 nitrogen and oxygen atoms in total. The van der Waals surface area contributed by atoms with Crippen LogP contribution in [0.3, 0.4) is 0 Å². The van der Waals surface area contributed by atoms with Crippen molar-refractivity contribution in [2.45, 2.75) is 25.8 Å². The fourth-order valence-electron chi connectivity index (χ4n) is 2.45. The highest BCUT2D eigenvalue weighted by Crippen LogP contribution is 2.18. The molecule has 1 aliphatic rings. The Bertz CT molecular complexity index is 595. The first-order valence-electron chi connectivity index (χ1n) is 7.09. The van der Waals surface area contributed by atoms with Crippen LogP contribution in [0.2, 0.25) is 0 Å². The van der Waals surface area contributed by atoms with Crippen LogP contribution in [0.25, 0.3) is 0 Å². The first-order chi connectivity index (χ1) is 9.91. The molecule has 0 spiro atoms. The molecule has 1 amide bonds. The summed E-state index contributed by atoms with van der Waals surface area (Å²) in [4.78, 5) is 13.8. The Balaban J connectivity index is 1.94. The Labute approximate surface area is 125 Å². The van der Waals surface area contributed by atoms with E-state index in [9.17, 15) is 13.2 Å². The minimum Gasteiger partial charge on any atom is -0.494 e. The second-order valence-corrected chi connectivity index (χ2v) is 7.54. The second kappa shape index (κ2) is 6.47. The fourth-order valence-corrected chi connectivity index (χ4v) is 4.23. The van der Waals surface area contributed by atoms with Crippen LogP contribution in [-0.4, -0.2) is 50.4 Å². The van der Waals surface area contributed by atoms with Gasteiger partial charge in [-0.3, -0.25) is 4.79 Å². The van der Waals surface area contributed by atoms with Crippen molar-refractivity contribution in [2.24, 2.45) is 0 Å². The summed E-state index contributed by atoms with van der Waals surface area (Å²) in [7, 11) is -1.29. The maximum absolute atomic E-state index is 12.2. The number of benzene rings is 1. The zero-order valence-electron chi connectivity index (χ0n) is 12.4. The van der Waals surface area contributed by atoms with Crippen molar-refractivity contribution < 1.29 is 17.9 Å². The third-order valence-corrected chi connectivity index (χ3v) is 5.49. The van der Waals surface area contributed by atoms with Gasteiger partial charge in [-0.25, -0.2) is 8.42 Å². The molecule has 0 aromatic heterocycles. The van der Waals surface area contributed by atoms with E-state index in [0.717, 1.165) is 11.3 Å². The number of amides is 1. The van der Waals surface area contributed by atoms with Gasteiger partial charge in [-0.1, -0.05) is 12.1 Å². The van der Waals surface area contributed by atoms with E-state index in [1.54, 1.807) is 11.9 Å². The van der Waals surface area contributed by atoms with E-state index in [0.29, 0.717) is 13.0 Å². The predicted octanol–water partition coefficient (Wildman–Crippen LogP) is 1.27. The second-order valence-electron chi connectivity index (χ2n) is 5.32. The summed E-state index contributed by atoms with van der Waals surface area (Å²) < 4.78 is 28.3. The molecule has 0 saturated carbocycles. The third-order valence-electron chi connectivity index (χ3n) is 3.74. The highest BCUT2D eigenvalue weighted by atomic mass is 32.2. The molecule has 0 bridgehead atoms. The van der Waals surface area contributed by atoms with E-state index in [-0.39, 0.29) is 29.9 Å². The zero-order chi connectivity index (χ0) is 15.5. The Morgan fingerprint density at radius 3 is 2.52 bits per heavy atom. The Kier molecular flexibility index (Phi) is 4.88. The maximum Gasteiger partial charge on any atom is 0.227 e. The topological polar surface area (TPSA) is 63.7 Å². The summed E-state index contributed by atoms with van der Waals surface area (Å²) in [6.45, 7) is 2.53. The van der Waals surface area contributed by atoms with Gasteiger partial charge in [0.1, 0.15) is 5.75 Å². The standard InChI is InChI=1S/C15H21NO4S/c1-3-20-14-6-4-12(5-7-14)10-15(17)16(2)13-8-9-21(18,19)11-13/h4-7,13H,3,8-11H2,1-2H3. The zero-order valence-corrected chi connectivity index (χ0v) is 13.2. The Morgan fingerprint density at radius 2 is 2.00 bits per heavy atom. The SMILES string of the molecule is CCOc1ccc(CC(=O)N(C)C2CCS(=O)(=O)C2)cc1. The lowest BCUT2D eigenvalue weighted by Crippen LogP contribution is -2.38. The largest absolute Gasteiger partial charge is 0.494 e. The van der Waals surface area contributed by atoms with E-state index in [4.69, 9.17) is 4.74 Å². The molecule has 2 rings (SSSR count). The van der Waals surface area contributed by atoms with Crippen LogP contribution in [0, 0.1) is 0 Å². The molecule has 1 atom stereocenters. The van der Waals surface area contributed by atoms with Crippen LogP contribution >= 0.6 is 0 Å². The normalized spacial score (nSPS) is 20.2. The van der Waals surface area contributed by atoms with E-state index in [1.165, 1.54) is 0 Å². The number of hydrogen-bond donors (Lipinski definition) is 0. The van der Waals surface area contributed by atoms with Crippen molar-refractivity contribution in [1.82, 2.24) is 4.90 Å². The van der Waals surface area contributed by atoms with Crippen LogP contribution < -0.4 is 4.74 Å². The molecule has 116 valence electrons. The predicted molar refractivity (Wildman–Crippen MR) is 81.1 cm³/mol. The minimum absolute atomic E-state index is 0.0544. The van der Waals surface area contributed by atoms with Crippen molar-refractivity contribution in [3.05, 3.63) is 29.8 Å². The molecule has 0 aliphatic carbocycles. The molecule has 1 saturated heterocycles. The number of rotatable bonds is 5. The number of ether oxygens (including phenoxy) is 1. The van der Waals surface area contributed by atoms with Crippen molar-refractivity contribution in [1.29, 1.82) is 0 Å². The molecular weight excluding hydrogens is 290 g/mol. The first kappa shape index (κ1) is 15.8. The summed E-state index contributed by atoms with van der Waals surface area (Å²) in [5, 5.41) is 0. The van der Waals surface area contributed by atoms with Gasteiger partial charge < -0.3 is 9.64 Å². The maximum atomic E-state index is 12.2. The van der Waals surface area contributed by atoms with Gasteiger partial charge in [0.15, 0.2) is 9.84 Å². The average molecular weight is 311 g/mol. The molecule has 1 heterocycles. The van der Waals surface area contributed by atoms with Crippen LogP contribution in [0.1, 0.15) is 18.9 Å². The molecule has 1 aliphatic heterocycles. The van der Waals surface area contributed by atoms with Crippen molar-refractivity contribution in [2.75, 3.05) is 25.2 Å². The van der Waals surface area contributed by atoms with Gasteiger partial charge in [0.05, 0.1) is 24.5 Å². The van der Waals surface area contributed by atoms with Gasteiger partial charge in [0.25, 0.3) is 0 Å². The average Bonchev–Trinajstić information content (AvgIpc) is 2.80. The monoisotopic (exact) mass is 311 g/mol. The summed E-state index contributed by atoms with van der Waals surface area (Å²) >= 11 is 0. The van der Waals surface area contributed by atoms with Gasteiger partial charge in [-0.05, 0) is 31.0 Å². The summed E-state index contributed by atoms with van der Waals surface area (Å²) in [6.07, 6.45) is 0.813. The van der Waals surface area contributed by atoms with Gasteiger partial charge in [-0.15, -0.1) is 0 Å². The quantitative estimate of drug-likeness (QED) is 0.821. The van der Waals surface area contributed by atoms with E-state index in [2.05, 4.69) is 0 Å². The number of hydrogen-bond acceptors (Lipinski definition) is 4. The molecular formula is C15H21NO4S. The molecule has 0 radical (unpaired) electrons.